The van der Waals surface area contributed by atoms with E-state index in [1.54, 1.807) is 0 Å². The highest BCUT2D eigenvalue weighted by Crippen LogP contribution is 2.61. The second-order valence-corrected chi connectivity index (χ2v) is 9.43. The van der Waals surface area contributed by atoms with Crippen molar-refractivity contribution in [2.24, 2.45) is 28.6 Å². The fourth-order valence-electron chi connectivity index (χ4n) is 6.12. The smallest absolute Gasteiger partial charge is 0.163 e. The number of Topliss-reactive ketones (excluding diaryl/α,β-unsaturated/α-hetero) is 1. The van der Waals surface area contributed by atoms with Gasteiger partial charge in [-0.2, -0.15) is 0 Å². The first-order chi connectivity index (χ1) is 11.6. The molecule has 0 aliphatic heterocycles. The Kier molecular flexibility index (Phi) is 4.63. The van der Waals surface area contributed by atoms with Crippen LogP contribution >= 0.6 is 0 Å². The van der Waals surface area contributed by atoms with Crippen LogP contribution in [0.15, 0.2) is 18.2 Å². The quantitative estimate of drug-likeness (QED) is 0.707. The van der Waals surface area contributed by atoms with E-state index in [0.29, 0.717) is 35.2 Å². The summed E-state index contributed by atoms with van der Waals surface area (Å²) in [5.74, 6) is 1.49. The van der Waals surface area contributed by atoms with Gasteiger partial charge in [-0.25, -0.2) is 0 Å². The highest BCUT2D eigenvalue weighted by molar-refractivity contribution is 5.97. The molecule has 1 aromatic rings. The lowest BCUT2D eigenvalue weighted by Gasteiger charge is -2.59. The average Bonchev–Trinajstić information content (AvgIpc) is 2.49. The van der Waals surface area contributed by atoms with Crippen molar-refractivity contribution >= 4 is 5.78 Å². The summed E-state index contributed by atoms with van der Waals surface area (Å²) < 4.78 is 0. The van der Waals surface area contributed by atoms with Crippen LogP contribution in [-0.2, 0) is 0 Å². The first-order valence-electron chi connectivity index (χ1n) is 9.70. The van der Waals surface area contributed by atoms with Crippen molar-refractivity contribution in [3.8, 4) is 11.5 Å². The lowest BCUT2D eigenvalue weighted by molar-refractivity contribution is -0.0927. The molecular weight excluding hydrogens is 312 g/mol. The van der Waals surface area contributed by atoms with E-state index < -0.39 is 0 Å². The van der Waals surface area contributed by atoms with Gasteiger partial charge in [-0.05, 0) is 60.0 Å². The lowest BCUT2D eigenvalue weighted by Crippen LogP contribution is -2.51. The first-order valence-corrected chi connectivity index (χ1v) is 9.70. The zero-order valence-corrected chi connectivity index (χ0v) is 16.0. The van der Waals surface area contributed by atoms with E-state index in [1.807, 2.05) is 0 Å². The van der Waals surface area contributed by atoms with Crippen LogP contribution in [0.5, 0.6) is 11.5 Å². The molecule has 0 heterocycles. The van der Waals surface area contributed by atoms with Crippen molar-refractivity contribution in [2.75, 3.05) is 0 Å². The number of hydrogen-bond donors (Lipinski definition) is 2. The van der Waals surface area contributed by atoms with Gasteiger partial charge in [-0.15, -0.1) is 0 Å². The molecule has 0 amide bonds. The molecule has 0 spiro atoms. The van der Waals surface area contributed by atoms with Crippen molar-refractivity contribution < 1.29 is 15.0 Å². The standard InChI is InChI=1S/C22H32O3/c1-14-6-7-20-21(2,3)8-5-9-22(20,4)18(14)13-19(25)15-10-16(23)12-17(24)11-15/h10-12,14,18,20,23-24H,5-9,13H2,1-4H3/t14-,18?,20-,22+/m0/s1. The summed E-state index contributed by atoms with van der Waals surface area (Å²) in [7, 11) is 0. The predicted molar refractivity (Wildman–Crippen MR) is 99.8 cm³/mol. The minimum Gasteiger partial charge on any atom is -0.508 e. The Balaban J connectivity index is 1.87. The summed E-state index contributed by atoms with van der Waals surface area (Å²) in [5, 5.41) is 19.4. The van der Waals surface area contributed by atoms with Crippen LogP contribution < -0.4 is 0 Å². The third-order valence-electron chi connectivity index (χ3n) is 7.35. The normalized spacial score (nSPS) is 34.3. The van der Waals surface area contributed by atoms with Crippen LogP contribution in [-0.4, -0.2) is 16.0 Å². The maximum Gasteiger partial charge on any atom is 0.163 e. The Morgan fingerprint density at radius 1 is 1.08 bits per heavy atom. The number of phenols is 2. The van der Waals surface area contributed by atoms with Gasteiger partial charge >= 0.3 is 0 Å². The van der Waals surface area contributed by atoms with Crippen LogP contribution in [0.4, 0.5) is 0 Å². The third kappa shape index (κ3) is 3.30. The molecule has 2 N–H and O–H groups in total. The molecule has 0 saturated heterocycles. The molecule has 138 valence electrons. The molecule has 3 nitrogen and oxygen atoms in total. The van der Waals surface area contributed by atoms with Gasteiger partial charge in [0.05, 0.1) is 0 Å². The number of ketones is 1. The molecule has 25 heavy (non-hydrogen) atoms. The van der Waals surface area contributed by atoms with Gasteiger partial charge in [0.25, 0.3) is 0 Å². The summed E-state index contributed by atoms with van der Waals surface area (Å²) in [6, 6.07) is 4.21. The Morgan fingerprint density at radius 2 is 1.72 bits per heavy atom. The minimum absolute atomic E-state index is 0.0355. The SMILES string of the molecule is C[C@H]1CC[C@H]2C(C)(C)CCC[C@]2(C)C1CC(=O)c1cc(O)cc(O)c1. The largest absolute Gasteiger partial charge is 0.508 e. The monoisotopic (exact) mass is 344 g/mol. The van der Waals surface area contributed by atoms with Crippen LogP contribution in [0, 0.1) is 28.6 Å². The minimum atomic E-state index is -0.0528. The fourth-order valence-corrected chi connectivity index (χ4v) is 6.12. The third-order valence-corrected chi connectivity index (χ3v) is 7.35. The maximum atomic E-state index is 12.9. The average molecular weight is 344 g/mol. The van der Waals surface area contributed by atoms with Crippen molar-refractivity contribution in [3.63, 3.8) is 0 Å². The molecular formula is C22H32O3. The van der Waals surface area contributed by atoms with Crippen LogP contribution in [0.25, 0.3) is 0 Å². The van der Waals surface area contributed by atoms with Gasteiger partial charge in [0.15, 0.2) is 5.78 Å². The Hall–Kier alpha value is -1.51. The number of carbonyl (C=O) groups is 1. The Bertz CT molecular complexity index is 643. The number of phenolic OH excluding ortho intramolecular Hbond substituents is 2. The first kappa shape index (κ1) is 18.3. The van der Waals surface area contributed by atoms with E-state index in [4.69, 9.17) is 0 Å². The van der Waals surface area contributed by atoms with Gasteiger partial charge in [0, 0.05) is 18.1 Å². The zero-order valence-electron chi connectivity index (χ0n) is 16.0. The summed E-state index contributed by atoms with van der Waals surface area (Å²) in [6.45, 7) is 9.50. The molecule has 1 aromatic carbocycles. The van der Waals surface area contributed by atoms with Gasteiger partial charge in [-0.1, -0.05) is 40.5 Å². The second-order valence-electron chi connectivity index (χ2n) is 9.43. The van der Waals surface area contributed by atoms with E-state index in [9.17, 15) is 15.0 Å². The Morgan fingerprint density at radius 3 is 2.36 bits per heavy atom. The molecule has 3 rings (SSSR count). The van der Waals surface area contributed by atoms with Gasteiger partial charge in [0.2, 0.25) is 0 Å². The molecule has 0 radical (unpaired) electrons. The van der Waals surface area contributed by atoms with E-state index in [1.165, 1.54) is 50.3 Å². The fraction of sp³-hybridized carbons (Fsp3) is 0.682. The van der Waals surface area contributed by atoms with Crippen LogP contribution in [0.2, 0.25) is 0 Å². The molecule has 2 aliphatic carbocycles. The molecule has 0 bridgehead atoms. The van der Waals surface area contributed by atoms with E-state index >= 15 is 0 Å². The number of rotatable bonds is 3. The molecule has 2 saturated carbocycles. The molecule has 1 unspecified atom stereocenters. The topological polar surface area (TPSA) is 57.5 Å². The van der Waals surface area contributed by atoms with Crippen molar-refractivity contribution in [1.29, 1.82) is 0 Å². The maximum absolute atomic E-state index is 12.9. The second kappa shape index (κ2) is 6.34. The summed E-state index contributed by atoms with van der Waals surface area (Å²) in [6.07, 6.45) is 6.68. The van der Waals surface area contributed by atoms with E-state index in [2.05, 4.69) is 27.7 Å². The Labute approximate surface area is 151 Å². The van der Waals surface area contributed by atoms with E-state index in [-0.39, 0.29) is 22.7 Å². The molecule has 2 aliphatic rings. The summed E-state index contributed by atoms with van der Waals surface area (Å²) in [5.41, 5.74) is 0.969. The van der Waals surface area contributed by atoms with Gasteiger partial charge in [-0.3, -0.25) is 4.79 Å². The van der Waals surface area contributed by atoms with Crippen molar-refractivity contribution in [1.82, 2.24) is 0 Å². The molecule has 4 atom stereocenters. The predicted octanol–water partition coefficient (Wildman–Crippen LogP) is 5.55. The summed E-state index contributed by atoms with van der Waals surface area (Å²) in [4.78, 5) is 12.9. The molecule has 3 heteroatoms. The van der Waals surface area contributed by atoms with Crippen molar-refractivity contribution in [3.05, 3.63) is 23.8 Å². The van der Waals surface area contributed by atoms with Crippen LogP contribution in [0.1, 0.15) is 76.6 Å². The van der Waals surface area contributed by atoms with Gasteiger partial charge < -0.3 is 10.2 Å². The highest BCUT2D eigenvalue weighted by atomic mass is 16.3. The lowest BCUT2D eigenvalue weighted by atomic mass is 9.46. The van der Waals surface area contributed by atoms with Gasteiger partial charge in [0.1, 0.15) is 11.5 Å². The molecule has 2 fully saturated rings. The number of hydrogen-bond acceptors (Lipinski definition) is 3. The molecule has 0 aromatic heterocycles. The number of fused-ring (bicyclic) bond motifs is 1. The van der Waals surface area contributed by atoms with Crippen LogP contribution in [0.3, 0.4) is 0 Å². The number of aromatic hydroxyl groups is 2. The van der Waals surface area contributed by atoms with Crippen molar-refractivity contribution in [2.45, 2.75) is 66.2 Å². The number of carbonyl (C=O) groups excluding carboxylic acids is 1. The zero-order chi connectivity index (χ0) is 18.4. The summed E-state index contributed by atoms with van der Waals surface area (Å²) >= 11 is 0. The highest BCUT2D eigenvalue weighted by Gasteiger charge is 2.53. The number of benzene rings is 1. The van der Waals surface area contributed by atoms with E-state index in [0.717, 1.165) is 0 Å².